The Morgan fingerprint density at radius 1 is 1.32 bits per heavy atom. The Kier molecular flexibility index (Phi) is 4.27. The van der Waals surface area contributed by atoms with Crippen molar-refractivity contribution in [1.82, 2.24) is 4.98 Å². The van der Waals surface area contributed by atoms with Gasteiger partial charge >= 0.3 is 0 Å². The van der Waals surface area contributed by atoms with Crippen LogP contribution in [0.3, 0.4) is 0 Å². The van der Waals surface area contributed by atoms with Crippen LogP contribution in [0.15, 0.2) is 52.5 Å². The second-order valence-corrected chi connectivity index (χ2v) is 5.82. The van der Waals surface area contributed by atoms with Crippen LogP contribution in [0, 0.1) is 0 Å². The summed E-state index contributed by atoms with van der Waals surface area (Å²) in [6, 6.07) is 10.8. The van der Waals surface area contributed by atoms with Crippen molar-refractivity contribution in [3.63, 3.8) is 0 Å². The molecule has 0 saturated carbocycles. The smallest absolute Gasteiger partial charge is 0.295 e. The highest BCUT2D eigenvalue weighted by Crippen LogP contribution is 2.29. The molecule has 22 heavy (non-hydrogen) atoms. The van der Waals surface area contributed by atoms with Crippen LogP contribution in [-0.4, -0.2) is 17.4 Å². The number of carbonyl (C=O) groups excluding carboxylic acids is 1. The molecule has 3 aromatic rings. The lowest BCUT2D eigenvalue weighted by molar-refractivity contribution is 0.0961. The standard InChI is InChI=1S/C16H13ClN2O2S/c1-2-19(15(20)14-4-3-9-21-14)16-18-13(10-22-16)11-5-7-12(17)8-6-11/h3-10H,2H2,1H3. The first kappa shape index (κ1) is 14.8. The topological polar surface area (TPSA) is 46.3 Å². The van der Waals surface area contributed by atoms with Gasteiger partial charge in [0.05, 0.1) is 12.0 Å². The van der Waals surface area contributed by atoms with Gasteiger partial charge in [-0.2, -0.15) is 0 Å². The Hall–Kier alpha value is -2.11. The fourth-order valence-electron chi connectivity index (χ4n) is 2.04. The van der Waals surface area contributed by atoms with Gasteiger partial charge in [-0.15, -0.1) is 11.3 Å². The highest BCUT2D eigenvalue weighted by molar-refractivity contribution is 7.14. The van der Waals surface area contributed by atoms with Crippen molar-refractivity contribution in [2.75, 3.05) is 11.4 Å². The van der Waals surface area contributed by atoms with Gasteiger partial charge in [0.25, 0.3) is 5.91 Å². The molecule has 0 aliphatic carbocycles. The summed E-state index contributed by atoms with van der Waals surface area (Å²) in [7, 11) is 0. The number of hydrogen-bond acceptors (Lipinski definition) is 4. The fraction of sp³-hybridized carbons (Fsp3) is 0.125. The van der Waals surface area contributed by atoms with E-state index in [9.17, 15) is 4.79 Å². The van der Waals surface area contributed by atoms with E-state index >= 15 is 0 Å². The molecule has 0 bridgehead atoms. The number of thiazole rings is 1. The summed E-state index contributed by atoms with van der Waals surface area (Å²) in [5.74, 6) is 0.120. The molecule has 0 fully saturated rings. The lowest BCUT2D eigenvalue weighted by Gasteiger charge is -2.15. The maximum atomic E-state index is 12.4. The van der Waals surface area contributed by atoms with Crippen LogP contribution >= 0.6 is 22.9 Å². The molecule has 0 unspecified atom stereocenters. The first-order chi connectivity index (χ1) is 10.7. The molecule has 4 nitrogen and oxygen atoms in total. The summed E-state index contributed by atoms with van der Waals surface area (Å²) in [6.45, 7) is 2.43. The van der Waals surface area contributed by atoms with Gasteiger partial charge < -0.3 is 4.42 Å². The largest absolute Gasteiger partial charge is 0.459 e. The Bertz CT molecular complexity index is 766. The molecule has 0 spiro atoms. The second-order valence-electron chi connectivity index (χ2n) is 4.55. The number of carbonyl (C=O) groups is 1. The minimum Gasteiger partial charge on any atom is -0.459 e. The highest BCUT2D eigenvalue weighted by atomic mass is 35.5. The van der Waals surface area contributed by atoms with Gasteiger partial charge in [-0.25, -0.2) is 4.98 Å². The molecule has 112 valence electrons. The minimum absolute atomic E-state index is 0.190. The van der Waals surface area contributed by atoms with Gasteiger partial charge in [0.2, 0.25) is 0 Å². The SMILES string of the molecule is CCN(C(=O)c1ccco1)c1nc(-c2ccc(Cl)cc2)cs1. The normalized spacial score (nSPS) is 10.6. The molecule has 0 aliphatic heterocycles. The fourth-order valence-corrected chi connectivity index (χ4v) is 3.06. The zero-order valence-electron chi connectivity index (χ0n) is 11.8. The van der Waals surface area contributed by atoms with Crippen LogP contribution in [0.25, 0.3) is 11.3 Å². The number of rotatable bonds is 4. The molecule has 3 rings (SSSR count). The predicted molar refractivity (Wildman–Crippen MR) is 88.6 cm³/mol. The molecule has 0 aliphatic rings. The van der Waals surface area contributed by atoms with Crippen LogP contribution in [0.1, 0.15) is 17.5 Å². The van der Waals surface area contributed by atoms with E-state index in [2.05, 4.69) is 4.98 Å². The van der Waals surface area contributed by atoms with Crippen LogP contribution in [0.4, 0.5) is 5.13 Å². The number of aromatic nitrogens is 1. The van der Waals surface area contributed by atoms with E-state index in [-0.39, 0.29) is 5.91 Å². The van der Waals surface area contributed by atoms with Crippen LogP contribution < -0.4 is 4.90 Å². The molecule has 0 radical (unpaired) electrons. The first-order valence-corrected chi connectivity index (χ1v) is 8.01. The van der Waals surface area contributed by atoms with Gasteiger partial charge in [0, 0.05) is 22.5 Å². The number of benzene rings is 1. The molecule has 0 atom stereocenters. The average Bonchev–Trinajstić information content (AvgIpc) is 3.20. The molecule has 2 aromatic heterocycles. The molecule has 1 aromatic carbocycles. The third kappa shape index (κ3) is 2.91. The number of nitrogens with zero attached hydrogens (tertiary/aromatic N) is 2. The number of hydrogen-bond donors (Lipinski definition) is 0. The molecule has 1 amide bonds. The van der Waals surface area contributed by atoms with Crippen LogP contribution in [0.5, 0.6) is 0 Å². The number of anilines is 1. The van der Waals surface area contributed by atoms with E-state index in [0.29, 0.717) is 22.5 Å². The predicted octanol–water partition coefficient (Wildman–Crippen LogP) is 4.72. The van der Waals surface area contributed by atoms with Gasteiger partial charge in [-0.3, -0.25) is 9.69 Å². The Labute approximate surface area is 137 Å². The van der Waals surface area contributed by atoms with E-state index in [0.717, 1.165) is 11.3 Å². The maximum absolute atomic E-state index is 12.4. The maximum Gasteiger partial charge on any atom is 0.295 e. The molecular formula is C16H13ClN2O2S. The van der Waals surface area contributed by atoms with Crippen molar-refractivity contribution in [1.29, 1.82) is 0 Å². The monoisotopic (exact) mass is 332 g/mol. The van der Waals surface area contributed by atoms with Gasteiger partial charge in [-0.05, 0) is 31.2 Å². The van der Waals surface area contributed by atoms with Crippen LogP contribution in [-0.2, 0) is 0 Å². The summed E-state index contributed by atoms with van der Waals surface area (Å²) in [5.41, 5.74) is 1.79. The molecule has 6 heteroatoms. The van der Waals surface area contributed by atoms with Gasteiger partial charge in [-0.1, -0.05) is 23.7 Å². The summed E-state index contributed by atoms with van der Waals surface area (Å²) in [4.78, 5) is 18.6. The number of halogens is 1. The highest BCUT2D eigenvalue weighted by Gasteiger charge is 2.21. The summed E-state index contributed by atoms with van der Waals surface area (Å²) in [6.07, 6.45) is 1.49. The first-order valence-electron chi connectivity index (χ1n) is 6.76. The van der Waals surface area contributed by atoms with Crippen LogP contribution in [0.2, 0.25) is 5.02 Å². The van der Waals surface area contributed by atoms with Crippen molar-refractivity contribution in [3.8, 4) is 11.3 Å². The van der Waals surface area contributed by atoms with Gasteiger partial charge in [0.15, 0.2) is 10.9 Å². The lowest BCUT2D eigenvalue weighted by atomic mass is 10.2. The number of amides is 1. The Morgan fingerprint density at radius 2 is 2.09 bits per heavy atom. The average molecular weight is 333 g/mol. The molecule has 2 heterocycles. The van der Waals surface area contributed by atoms with Crippen molar-refractivity contribution in [2.24, 2.45) is 0 Å². The van der Waals surface area contributed by atoms with E-state index in [1.165, 1.54) is 17.6 Å². The van der Waals surface area contributed by atoms with Crippen molar-refractivity contribution < 1.29 is 9.21 Å². The lowest BCUT2D eigenvalue weighted by Crippen LogP contribution is -2.30. The molecular weight excluding hydrogens is 320 g/mol. The third-order valence-electron chi connectivity index (χ3n) is 3.16. The summed E-state index contributed by atoms with van der Waals surface area (Å²) in [5, 5.41) is 3.26. The Morgan fingerprint density at radius 3 is 2.73 bits per heavy atom. The van der Waals surface area contributed by atoms with Crippen molar-refractivity contribution in [2.45, 2.75) is 6.92 Å². The third-order valence-corrected chi connectivity index (χ3v) is 4.27. The van der Waals surface area contributed by atoms with E-state index in [4.69, 9.17) is 16.0 Å². The van der Waals surface area contributed by atoms with Crippen molar-refractivity contribution in [3.05, 3.63) is 58.8 Å². The summed E-state index contributed by atoms with van der Waals surface area (Å²) < 4.78 is 5.18. The van der Waals surface area contributed by atoms with Gasteiger partial charge in [0.1, 0.15) is 0 Å². The van der Waals surface area contributed by atoms with E-state index in [1.807, 2.05) is 36.6 Å². The zero-order chi connectivity index (χ0) is 15.5. The van der Waals surface area contributed by atoms with E-state index in [1.54, 1.807) is 17.0 Å². The zero-order valence-corrected chi connectivity index (χ0v) is 13.4. The quantitative estimate of drug-likeness (QED) is 0.694. The van der Waals surface area contributed by atoms with E-state index < -0.39 is 0 Å². The number of furan rings is 1. The summed E-state index contributed by atoms with van der Waals surface area (Å²) >= 11 is 7.32. The van der Waals surface area contributed by atoms with Crippen molar-refractivity contribution >= 4 is 34.0 Å². The molecule has 0 saturated heterocycles. The minimum atomic E-state index is -0.190. The Balaban J connectivity index is 1.88. The second kappa shape index (κ2) is 6.34. The molecule has 0 N–H and O–H groups in total.